The van der Waals surface area contributed by atoms with Gasteiger partial charge in [-0.05, 0) is 48.7 Å². The van der Waals surface area contributed by atoms with E-state index in [0.717, 1.165) is 31.2 Å². The van der Waals surface area contributed by atoms with Gasteiger partial charge in [0, 0.05) is 10.7 Å². The third kappa shape index (κ3) is 2.88. The van der Waals surface area contributed by atoms with E-state index in [1.165, 1.54) is 6.33 Å². The standard InChI is InChI=1S/C20H18ClN3O2/c21-14-5-3-4-13(10-14)20(8-1-2-9-20)19(26)24-15-6-7-17-16(11-15)18(25)23-12-22-17/h3-7,10-12H,1-2,8-9H2,(H,24,26)(H,22,23,25). The second-order valence-corrected chi connectivity index (χ2v) is 7.15. The molecule has 0 spiro atoms. The Morgan fingerprint density at radius 3 is 2.73 bits per heavy atom. The Labute approximate surface area is 155 Å². The van der Waals surface area contributed by atoms with Gasteiger partial charge in [-0.3, -0.25) is 9.59 Å². The quantitative estimate of drug-likeness (QED) is 0.734. The number of nitrogens with zero attached hydrogens (tertiary/aromatic N) is 1. The van der Waals surface area contributed by atoms with Crippen molar-refractivity contribution >= 4 is 34.1 Å². The highest BCUT2D eigenvalue weighted by molar-refractivity contribution is 6.30. The van der Waals surface area contributed by atoms with Crippen LogP contribution in [0.15, 0.2) is 53.6 Å². The summed E-state index contributed by atoms with van der Waals surface area (Å²) in [7, 11) is 0. The van der Waals surface area contributed by atoms with Crippen LogP contribution in [0.5, 0.6) is 0 Å². The minimum Gasteiger partial charge on any atom is -0.325 e. The maximum absolute atomic E-state index is 13.2. The van der Waals surface area contributed by atoms with Crippen molar-refractivity contribution in [2.75, 3.05) is 5.32 Å². The first-order chi connectivity index (χ1) is 12.6. The summed E-state index contributed by atoms with van der Waals surface area (Å²) < 4.78 is 0. The Kier molecular flexibility index (Phi) is 4.24. The van der Waals surface area contributed by atoms with E-state index < -0.39 is 5.41 Å². The summed E-state index contributed by atoms with van der Waals surface area (Å²) in [5.41, 5.74) is 1.32. The lowest BCUT2D eigenvalue weighted by molar-refractivity contribution is -0.121. The SMILES string of the molecule is O=C(Nc1ccc2nc[nH]c(=O)c2c1)C1(c2cccc(Cl)c2)CCCC1. The van der Waals surface area contributed by atoms with Crippen LogP contribution in [0.4, 0.5) is 5.69 Å². The number of hydrogen-bond donors (Lipinski definition) is 2. The normalized spacial score (nSPS) is 15.9. The molecule has 1 aliphatic carbocycles. The zero-order chi connectivity index (χ0) is 18.1. The Bertz CT molecular complexity index is 1040. The summed E-state index contributed by atoms with van der Waals surface area (Å²) >= 11 is 6.16. The lowest BCUT2D eigenvalue weighted by Crippen LogP contribution is -2.38. The average molecular weight is 368 g/mol. The van der Waals surface area contributed by atoms with E-state index in [2.05, 4.69) is 15.3 Å². The Morgan fingerprint density at radius 2 is 1.96 bits per heavy atom. The lowest BCUT2D eigenvalue weighted by Gasteiger charge is -2.28. The highest BCUT2D eigenvalue weighted by Gasteiger charge is 2.42. The summed E-state index contributed by atoms with van der Waals surface area (Å²) in [6.45, 7) is 0. The van der Waals surface area contributed by atoms with Crippen molar-refractivity contribution in [2.24, 2.45) is 0 Å². The molecule has 4 rings (SSSR count). The highest BCUT2D eigenvalue weighted by atomic mass is 35.5. The van der Waals surface area contributed by atoms with Crippen molar-refractivity contribution in [2.45, 2.75) is 31.1 Å². The van der Waals surface area contributed by atoms with Crippen molar-refractivity contribution in [3.8, 4) is 0 Å². The van der Waals surface area contributed by atoms with Crippen molar-refractivity contribution < 1.29 is 4.79 Å². The first kappa shape index (κ1) is 16.8. The fourth-order valence-electron chi connectivity index (χ4n) is 3.81. The predicted octanol–water partition coefficient (Wildman–Crippen LogP) is 4.03. The van der Waals surface area contributed by atoms with Crippen LogP contribution in [0.2, 0.25) is 5.02 Å². The number of benzene rings is 2. The molecule has 1 heterocycles. The van der Waals surface area contributed by atoms with Crippen molar-refractivity contribution in [3.05, 3.63) is 69.7 Å². The zero-order valence-corrected chi connectivity index (χ0v) is 14.8. The van der Waals surface area contributed by atoms with Gasteiger partial charge in [0.25, 0.3) is 5.56 Å². The van der Waals surface area contributed by atoms with Gasteiger partial charge in [0.1, 0.15) is 0 Å². The van der Waals surface area contributed by atoms with Crippen LogP contribution >= 0.6 is 11.6 Å². The number of halogens is 1. The van der Waals surface area contributed by atoms with Gasteiger partial charge >= 0.3 is 0 Å². The first-order valence-electron chi connectivity index (χ1n) is 8.63. The smallest absolute Gasteiger partial charge is 0.258 e. The second kappa shape index (κ2) is 6.57. The van der Waals surface area contributed by atoms with Crippen molar-refractivity contribution in [1.82, 2.24) is 9.97 Å². The number of carbonyl (C=O) groups is 1. The van der Waals surface area contributed by atoms with E-state index in [-0.39, 0.29) is 11.5 Å². The van der Waals surface area contributed by atoms with Crippen molar-refractivity contribution in [1.29, 1.82) is 0 Å². The molecular weight excluding hydrogens is 350 g/mol. The number of aromatic amines is 1. The van der Waals surface area contributed by atoms with Gasteiger partial charge in [-0.25, -0.2) is 4.98 Å². The third-order valence-corrected chi connectivity index (χ3v) is 5.40. The first-order valence-corrected chi connectivity index (χ1v) is 9.01. The zero-order valence-electron chi connectivity index (χ0n) is 14.1. The molecule has 1 aliphatic rings. The number of rotatable bonds is 3. The number of amides is 1. The summed E-state index contributed by atoms with van der Waals surface area (Å²) in [5.74, 6) is -0.0584. The van der Waals surface area contributed by atoms with Crippen molar-refractivity contribution in [3.63, 3.8) is 0 Å². The van der Waals surface area contributed by atoms with E-state index >= 15 is 0 Å². The topological polar surface area (TPSA) is 74.8 Å². The average Bonchev–Trinajstić information content (AvgIpc) is 3.14. The Hall–Kier alpha value is -2.66. The van der Waals surface area contributed by atoms with Crippen LogP contribution in [-0.4, -0.2) is 15.9 Å². The van der Waals surface area contributed by atoms with Crippen LogP contribution < -0.4 is 10.9 Å². The molecule has 0 bridgehead atoms. The molecule has 5 nitrogen and oxygen atoms in total. The third-order valence-electron chi connectivity index (χ3n) is 5.17. The molecule has 0 radical (unpaired) electrons. The molecule has 6 heteroatoms. The Balaban J connectivity index is 1.70. The molecule has 1 aromatic heterocycles. The number of fused-ring (bicyclic) bond motifs is 1. The van der Waals surface area contributed by atoms with Gasteiger partial charge < -0.3 is 10.3 Å². The van der Waals surface area contributed by atoms with Gasteiger partial charge in [0.05, 0.1) is 22.6 Å². The molecule has 0 aliphatic heterocycles. The highest BCUT2D eigenvalue weighted by Crippen LogP contribution is 2.42. The van der Waals surface area contributed by atoms with Gasteiger partial charge in [-0.15, -0.1) is 0 Å². The number of hydrogen-bond acceptors (Lipinski definition) is 3. The fraction of sp³-hybridized carbons (Fsp3) is 0.250. The lowest BCUT2D eigenvalue weighted by atomic mass is 9.78. The minimum absolute atomic E-state index is 0.0584. The second-order valence-electron chi connectivity index (χ2n) is 6.72. The van der Waals surface area contributed by atoms with Gasteiger partial charge in [0.15, 0.2) is 0 Å². The number of carbonyl (C=O) groups excluding carboxylic acids is 1. The largest absolute Gasteiger partial charge is 0.325 e. The fourth-order valence-corrected chi connectivity index (χ4v) is 4.00. The number of aromatic nitrogens is 2. The van der Waals surface area contributed by atoms with E-state index in [4.69, 9.17) is 11.6 Å². The molecule has 0 unspecified atom stereocenters. The molecule has 0 saturated heterocycles. The molecule has 1 fully saturated rings. The van der Waals surface area contributed by atoms with E-state index in [1.807, 2.05) is 24.3 Å². The van der Waals surface area contributed by atoms with E-state index in [1.54, 1.807) is 18.2 Å². The number of nitrogens with one attached hydrogen (secondary N) is 2. The van der Waals surface area contributed by atoms with Gasteiger partial charge in [-0.1, -0.05) is 36.6 Å². The maximum Gasteiger partial charge on any atom is 0.258 e. The maximum atomic E-state index is 13.2. The molecular formula is C20H18ClN3O2. The number of H-pyrrole nitrogens is 1. The Morgan fingerprint density at radius 1 is 1.15 bits per heavy atom. The summed E-state index contributed by atoms with van der Waals surface area (Å²) in [5, 5.41) is 4.08. The molecule has 132 valence electrons. The monoisotopic (exact) mass is 367 g/mol. The molecule has 3 aromatic rings. The molecule has 1 amide bonds. The summed E-state index contributed by atoms with van der Waals surface area (Å²) in [4.78, 5) is 31.9. The van der Waals surface area contributed by atoms with Crippen LogP contribution in [-0.2, 0) is 10.2 Å². The van der Waals surface area contributed by atoms with Crippen LogP contribution in [0.1, 0.15) is 31.2 Å². The van der Waals surface area contributed by atoms with Crippen LogP contribution in [0, 0.1) is 0 Å². The molecule has 0 atom stereocenters. The summed E-state index contributed by atoms with van der Waals surface area (Å²) in [6, 6.07) is 12.7. The minimum atomic E-state index is -0.582. The van der Waals surface area contributed by atoms with Gasteiger partial charge in [-0.2, -0.15) is 0 Å². The predicted molar refractivity (Wildman–Crippen MR) is 103 cm³/mol. The molecule has 1 saturated carbocycles. The van der Waals surface area contributed by atoms with Crippen LogP contribution in [0.3, 0.4) is 0 Å². The summed E-state index contributed by atoms with van der Waals surface area (Å²) in [6.07, 6.45) is 4.95. The van der Waals surface area contributed by atoms with Crippen LogP contribution in [0.25, 0.3) is 10.9 Å². The number of anilines is 1. The molecule has 2 N–H and O–H groups in total. The van der Waals surface area contributed by atoms with Gasteiger partial charge in [0.2, 0.25) is 5.91 Å². The van der Waals surface area contributed by atoms with E-state index in [0.29, 0.717) is 21.6 Å². The van der Waals surface area contributed by atoms with E-state index in [9.17, 15) is 9.59 Å². The molecule has 2 aromatic carbocycles. The molecule has 26 heavy (non-hydrogen) atoms.